The van der Waals surface area contributed by atoms with E-state index in [9.17, 15) is 4.79 Å². The molecule has 1 aromatic heterocycles. The molecular formula is C14H17N5O. The number of anilines is 2. The Bertz CT molecular complexity index is 658. The molecular weight excluding hydrogens is 254 g/mol. The van der Waals surface area contributed by atoms with E-state index in [2.05, 4.69) is 20.5 Å². The maximum absolute atomic E-state index is 11.4. The van der Waals surface area contributed by atoms with Crippen LogP contribution in [0.3, 0.4) is 0 Å². The summed E-state index contributed by atoms with van der Waals surface area (Å²) in [6, 6.07) is 7.94. The number of aryl methyl sites for hydroxylation is 1. The third-order valence-corrected chi connectivity index (χ3v) is 2.77. The molecule has 6 nitrogen and oxygen atoms in total. The average Bonchev–Trinajstić information content (AvgIpc) is 2.43. The van der Waals surface area contributed by atoms with Crippen molar-refractivity contribution >= 4 is 17.9 Å². The third-order valence-electron chi connectivity index (χ3n) is 2.77. The lowest BCUT2D eigenvalue weighted by Gasteiger charge is -2.11. The highest BCUT2D eigenvalue weighted by atomic mass is 16.1. The van der Waals surface area contributed by atoms with E-state index in [1.54, 1.807) is 13.1 Å². The Hall–Kier alpha value is -2.63. The molecule has 20 heavy (non-hydrogen) atoms. The van der Waals surface area contributed by atoms with Crippen LogP contribution in [-0.4, -0.2) is 30.3 Å². The van der Waals surface area contributed by atoms with Crippen molar-refractivity contribution in [3.05, 3.63) is 51.9 Å². The topological polar surface area (TPSA) is 73.4 Å². The SMILES string of the molecule is Cc1cnc(N/N=C\c2ccc(N(C)C)cc2)[nH]c1=O. The van der Waals surface area contributed by atoms with Crippen LogP contribution in [-0.2, 0) is 0 Å². The van der Waals surface area contributed by atoms with Crippen LogP contribution in [0.1, 0.15) is 11.1 Å². The zero-order chi connectivity index (χ0) is 14.5. The van der Waals surface area contributed by atoms with Gasteiger partial charge in [-0.1, -0.05) is 12.1 Å². The number of hydrogen-bond acceptors (Lipinski definition) is 5. The number of nitrogens with one attached hydrogen (secondary N) is 2. The molecule has 2 aromatic rings. The van der Waals surface area contributed by atoms with Gasteiger partial charge in [0, 0.05) is 31.5 Å². The van der Waals surface area contributed by atoms with E-state index >= 15 is 0 Å². The number of rotatable bonds is 4. The number of aromatic nitrogens is 2. The van der Waals surface area contributed by atoms with Gasteiger partial charge in [-0.25, -0.2) is 10.4 Å². The fourth-order valence-electron chi connectivity index (χ4n) is 1.54. The summed E-state index contributed by atoms with van der Waals surface area (Å²) in [7, 11) is 3.98. The number of hydrogen-bond donors (Lipinski definition) is 2. The molecule has 0 radical (unpaired) electrons. The summed E-state index contributed by atoms with van der Waals surface area (Å²) < 4.78 is 0. The average molecular weight is 271 g/mol. The van der Waals surface area contributed by atoms with Crippen LogP contribution in [0, 0.1) is 6.92 Å². The van der Waals surface area contributed by atoms with E-state index in [-0.39, 0.29) is 5.56 Å². The van der Waals surface area contributed by atoms with Crippen LogP contribution < -0.4 is 15.9 Å². The summed E-state index contributed by atoms with van der Waals surface area (Å²) in [5.41, 5.74) is 5.17. The molecule has 0 unspecified atom stereocenters. The van der Waals surface area contributed by atoms with Crippen molar-refractivity contribution in [1.82, 2.24) is 9.97 Å². The molecule has 1 heterocycles. The number of aromatic amines is 1. The molecule has 0 aliphatic heterocycles. The molecule has 0 fully saturated rings. The van der Waals surface area contributed by atoms with Crippen molar-refractivity contribution < 1.29 is 0 Å². The van der Waals surface area contributed by atoms with E-state index < -0.39 is 0 Å². The normalized spacial score (nSPS) is 10.8. The highest BCUT2D eigenvalue weighted by Gasteiger charge is 1.96. The van der Waals surface area contributed by atoms with E-state index in [4.69, 9.17) is 0 Å². The summed E-state index contributed by atoms with van der Waals surface area (Å²) in [6.45, 7) is 1.70. The number of benzene rings is 1. The molecule has 2 rings (SSSR count). The Morgan fingerprint density at radius 3 is 2.60 bits per heavy atom. The standard InChI is InChI=1S/C14H17N5O/c1-10-8-15-14(17-13(10)20)18-16-9-11-4-6-12(7-5-11)19(2)3/h4-9H,1-3H3,(H2,15,17,18,20)/b16-9-. The van der Waals surface area contributed by atoms with Gasteiger partial charge < -0.3 is 4.90 Å². The Morgan fingerprint density at radius 1 is 1.30 bits per heavy atom. The smallest absolute Gasteiger partial charge is 0.255 e. The molecule has 0 aliphatic carbocycles. The van der Waals surface area contributed by atoms with E-state index in [0.717, 1.165) is 11.3 Å². The zero-order valence-electron chi connectivity index (χ0n) is 11.7. The molecule has 1 aromatic carbocycles. The van der Waals surface area contributed by atoms with Crippen molar-refractivity contribution in [2.45, 2.75) is 6.92 Å². The minimum atomic E-state index is -0.173. The first-order chi connectivity index (χ1) is 9.56. The van der Waals surface area contributed by atoms with E-state index in [1.807, 2.05) is 43.3 Å². The highest BCUT2D eigenvalue weighted by molar-refractivity contribution is 5.80. The van der Waals surface area contributed by atoms with Gasteiger partial charge in [0.05, 0.1) is 6.21 Å². The maximum atomic E-state index is 11.4. The number of hydrazone groups is 1. The Balaban J connectivity index is 2.02. The molecule has 0 aliphatic rings. The van der Waals surface area contributed by atoms with Gasteiger partial charge in [0.25, 0.3) is 5.56 Å². The first-order valence-electron chi connectivity index (χ1n) is 6.18. The van der Waals surface area contributed by atoms with Gasteiger partial charge >= 0.3 is 0 Å². The van der Waals surface area contributed by atoms with Crippen LogP contribution >= 0.6 is 0 Å². The first-order valence-corrected chi connectivity index (χ1v) is 6.18. The second kappa shape index (κ2) is 6.01. The summed E-state index contributed by atoms with van der Waals surface area (Å²) >= 11 is 0. The number of H-pyrrole nitrogens is 1. The molecule has 0 bridgehead atoms. The third kappa shape index (κ3) is 3.44. The second-order valence-corrected chi connectivity index (χ2v) is 4.60. The first kappa shape index (κ1) is 13.8. The van der Waals surface area contributed by atoms with Crippen molar-refractivity contribution in [3.63, 3.8) is 0 Å². The monoisotopic (exact) mass is 271 g/mol. The second-order valence-electron chi connectivity index (χ2n) is 4.60. The molecule has 0 amide bonds. The summed E-state index contributed by atoms with van der Waals surface area (Å²) in [4.78, 5) is 20.0. The van der Waals surface area contributed by atoms with E-state index in [0.29, 0.717) is 11.5 Å². The predicted molar refractivity (Wildman–Crippen MR) is 81.6 cm³/mol. The minimum Gasteiger partial charge on any atom is -0.378 e. The van der Waals surface area contributed by atoms with Crippen molar-refractivity contribution in [2.75, 3.05) is 24.4 Å². The molecule has 0 spiro atoms. The van der Waals surface area contributed by atoms with Gasteiger partial charge in [-0.2, -0.15) is 5.10 Å². The van der Waals surface area contributed by atoms with Crippen LogP contribution in [0.2, 0.25) is 0 Å². The lowest BCUT2D eigenvalue weighted by Crippen LogP contribution is -2.12. The lowest BCUT2D eigenvalue weighted by atomic mass is 10.2. The summed E-state index contributed by atoms with van der Waals surface area (Å²) in [5, 5.41) is 4.04. The van der Waals surface area contributed by atoms with Gasteiger partial charge in [0.1, 0.15) is 0 Å². The fraction of sp³-hybridized carbons (Fsp3) is 0.214. The molecule has 6 heteroatoms. The lowest BCUT2D eigenvalue weighted by molar-refractivity contribution is 1.05. The van der Waals surface area contributed by atoms with Gasteiger partial charge in [-0.15, -0.1) is 0 Å². The Labute approximate surface area is 117 Å². The molecule has 104 valence electrons. The highest BCUT2D eigenvalue weighted by Crippen LogP contribution is 2.10. The van der Waals surface area contributed by atoms with Crippen LogP contribution in [0.15, 0.2) is 40.4 Å². The number of nitrogens with zero attached hydrogens (tertiary/aromatic N) is 3. The zero-order valence-corrected chi connectivity index (χ0v) is 11.7. The van der Waals surface area contributed by atoms with Crippen molar-refractivity contribution in [1.29, 1.82) is 0 Å². The van der Waals surface area contributed by atoms with Crippen molar-refractivity contribution in [3.8, 4) is 0 Å². The Morgan fingerprint density at radius 2 is 2.00 bits per heavy atom. The maximum Gasteiger partial charge on any atom is 0.255 e. The van der Waals surface area contributed by atoms with Crippen LogP contribution in [0.25, 0.3) is 0 Å². The van der Waals surface area contributed by atoms with E-state index in [1.165, 1.54) is 6.20 Å². The summed E-state index contributed by atoms with van der Waals surface area (Å²) in [5.74, 6) is 0.321. The Kier molecular flexibility index (Phi) is 4.14. The largest absolute Gasteiger partial charge is 0.378 e. The quantitative estimate of drug-likeness (QED) is 0.654. The minimum absolute atomic E-state index is 0.173. The molecule has 0 saturated heterocycles. The molecule has 0 atom stereocenters. The van der Waals surface area contributed by atoms with Gasteiger partial charge in [-0.05, 0) is 24.6 Å². The van der Waals surface area contributed by atoms with Gasteiger partial charge in [0.2, 0.25) is 5.95 Å². The van der Waals surface area contributed by atoms with Gasteiger partial charge in [0.15, 0.2) is 0 Å². The van der Waals surface area contributed by atoms with Crippen LogP contribution in [0.4, 0.5) is 11.6 Å². The molecule has 2 N–H and O–H groups in total. The fourth-order valence-corrected chi connectivity index (χ4v) is 1.54. The van der Waals surface area contributed by atoms with Crippen LogP contribution in [0.5, 0.6) is 0 Å². The summed E-state index contributed by atoms with van der Waals surface area (Å²) in [6.07, 6.45) is 3.17. The predicted octanol–water partition coefficient (Wildman–Crippen LogP) is 1.59. The van der Waals surface area contributed by atoms with Gasteiger partial charge in [-0.3, -0.25) is 9.78 Å². The van der Waals surface area contributed by atoms with Crippen molar-refractivity contribution in [2.24, 2.45) is 5.10 Å². The molecule has 0 saturated carbocycles.